The Hall–Kier alpha value is -1.46. The summed E-state index contributed by atoms with van der Waals surface area (Å²) in [6.45, 7) is 4.35. The molecule has 0 atom stereocenters. The van der Waals surface area contributed by atoms with Crippen molar-refractivity contribution in [3.63, 3.8) is 0 Å². The third kappa shape index (κ3) is 3.96. The van der Waals surface area contributed by atoms with Gasteiger partial charge in [0, 0.05) is 25.0 Å². The van der Waals surface area contributed by atoms with Gasteiger partial charge in [-0.3, -0.25) is 0 Å². The second kappa shape index (κ2) is 5.58. The van der Waals surface area contributed by atoms with Gasteiger partial charge in [0.25, 0.3) is 0 Å². The van der Waals surface area contributed by atoms with Crippen LogP contribution in [-0.4, -0.2) is 40.6 Å². The number of nitrogens with one attached hydrogen (secondary N) is 1. The number of hydrogen-bond donors (Lipinski definition) is 3. The Morgan fingerprint density at radius 1 is 1.62 bits per heavy atom. The first kappa shape index (κ1) is 12.6. The van der Waals surface area contributed by atoms with E-state index in [0.29, 0.717) is 19.0 Å². The molecule has 92 valence electrons. The van der Waals surface area contributed by atoms with E-state index >= 15 is 0 Å². The number of nitrogens with zero attached hydrogens (tertiary/aromatic N) is 2. The molecule has 0 aromatic carbocycles. The molecule has 0 aliphatic heterocycles. The second-order valence-corrected chi connectivity index (χ2v) is 4.37. The van der Waals surface area contributed by atoms with Crippen LogP contribution in [0.1, 0.15) is 33.1 Å². The maximum absolute atomic E-state index is 11.8. The minimum Gasteiger partial charge on any atom is -0.409 e. The van der Waals surface area contributed by atoms with E-state index in [4.69, 9.17) is 10.9 Å². The van der Waals surface area contributed by atoms with Gasteiger partial charge in [-0.2, -0.15) is 0 Å². The molecule has 2 amide bonds. The molecule has 0 radical (unpaired) electrons. The summed E-state index contributed by atoms with van der Waals surface area (Å²) >= 11 is 0. The van der Waals surface area contributed by atoms with Gasteiger partial charge >= 0.3 is 6.03 Å². The molecule has 0 unspecified atom stereocenters. The van der Waals surface area contributed by atoms with Crippen LogP contribution in [0.5, 0.6) is 0 Å². The fraction of sp³-hybridized carbons (Fsp3) is 0.800. The SMILES string of the molecule is CC(C)NC(=O)N(CCC(N)=NO)C1CC1. The van der Waals surface area contributed by atoms with Crippen molar-refractivity contribution < 1.29 is 10.0 Å². The first-order valence-electron chi connectivity index (χ1n) is 5.58. The Bertz CT molecular complexity index is 274. The van der Waals surface area contributed by atoms with Gasteiger partial charge in [0.05, 0.1) is 0 Å². The molecule has 4 N–H and O–H groups in total. The number of urea groups is 1. The van der Waals surface area contributed by atoms with E-state index in [-0.39, 0.29) is 17.9 Å². The fourth-order valence-corrected chi connectivity index (χ4v) is 1.45. The Kier molecular flexibility index (Phi) is 4.39. The van der Waals surface area contributed by atoms with Crippen LogP contribution in [0.25, 0.3) is 0 Å². The van der Waals surface area contributed by atoms with Crippen molar-refractivity contribution >= 4 is 11.9 Å². The number of carbonyl (C=O) groups excluding carboxylic acids is 1. The van der Waals surface area contributed by atoms with E-state index in [0.717, 1.165) is 12.8 Å². The lowest BCUT2D eigenvalue weighted by Gasteiger charge is -2.23. The van der Waals surface area contributed by atoms with Crippen molar-refractivity contribution in [2.45, 2.75) is 45.2 Å². The van der Waals surface area contributed by atoms with E-state index in [1.165, 1.54) is 0 Å². The van der Waals surface area contributed by atoms with Gasteiger partial charge in [0.2, 0.25) is 0 Å². The molecule has 0 saturated heterocycles. The number of amides is 2. The van der Waals surface area contributed by atoms with E-state index in [1.807, 2.05) is 13.8 Å². The molecule has 0 aromatic rings. The Morgan fingerprint density at radius 3 is 2.69 bits per heavy atom. The molecule has 0 bridgehead atoms. The highest BCUT2D eigenvalue weighted by Gasteiger charge is 2.32. The first-order chi connectivity index (χ1) is 7.54. The summed E-state index contributed by atoms with van der Waals surface area (Å²) in [6.07, 6.45) is 2.49. The zero-order chi connectivity index (χ0) is 12.1. The van der Waals surface area contributed by atoms with Gasteiger partial charge in [-0.1, -0.05) is 5.16 Å². The zero-order valence-corrected chi connectivity index (χ0v) is 9.81. The molecule has 0 spiro atoms. The van der Waals surface area contributed by atoms with Crippen molar-refractivity contribution in [3.05, 3.63) is 0 Å². The number of amidine groups is 1. The number of hydrogen-bond acceptors (Lipinski definition) is 3. The maximum Gasteiger partial charge on any atom is 0.317 e. The summed E-state index contributed by atoms with van der Waals surface area (Å²) in [6, 6.07) is 0.381. The van der Waals surface area contributed by atoms with Crippen molar-refractivity contribution in [1.82, 2.24) is 10.2 Å². The molecule has 1 fully saturated rings. The van der Waals surface area contributed by atoms with E-state index in [9.17, 15) is 4.79 Å². The highest BCUT2D eigenvalue weighted by atomic mass is 16.4. The number of nitrogens with two attached hydrogens (primary N) is 1. The van der Waals surface area contributed by atoms with Gasteiger partial charge in [-0.25, -0.2) is 4.79 Å². The summed E-state index contributed by atoms with van der Waals surface area (Å²) in [5.74, 6) is 0.156. The monoisotopic (exact) mass is 228 g/mol. The average molecular weight is 228 g/mol. The van der Waals surface area contributed by atoms with E-state index < -0.39 is 0 Å². The van der Waals surface area contributed by atoms with Crippen molar-refractivity contribution in [2.75, 3.05) is 6.54 Å². The lowest BCUT2D eigenvalue weighted by molar-refractivity contribution is 0.193. The summed E-state index contributed by atoms with van der Waals surface area (Å²) in [5, 5.41) is 14.2. The summed E-state index contributed by atoms with van der Waals surface area (Å²) in [5.41, 5.74) is 5.38. The van der Waals surface area contributed by atoms with Crippen LogP contribution < -0.4 is 11.1 Å². The van der Waals surface area contributed by atoms with Gasteiger partial charge in [0.15, 0.2) is 0 Å². The molecular weight excluding hydrogens is 208 g/mol. The standard InChI is InChI=1S/C10H20N4O2/c1-7(2)12-10(15)14(8-3-4-8)6-5-9(11)13-16/h7-8,16H,3-6H2,1-2H3,(H2,11,13)(H,12,15). The van der Waals surface area contributed by atoms with E-state index in [2.05, 4.69) is 10.5 Å². The Labute approximate surface area is 95.5 Å². The van der Waals surface area contributed by atoms with E-state index in [1.54, 1.807) is 4.90 Å². The topological polar surface area (TPSA) is 91.0 Å². The van der Waals surface area contributed by atoms with Gasteiger partial charge in [0.1, 0.15) is 5.84 Å². The average Bonchev–Trinajstić information content (AvgIpc) is 3.00. The fourth-order valence-electron chi connectivity index (χ4n) is 1.45. The molecular formula is C10H20N4O2. The minimum atomic E-state index is -0.0664. The third-order valence-corrected chi connectivity index (χ3v) is 2.40. The Morgan fingerprint density at radius 2 is 2.25 bits per heavy atom. The second-order valence-electron chi connectivity index (χ2n) is 4.37. The lowest BCUT2D eigenvalue weighted by atomic mass is 10.3. The molecule has 16 heavy (non-hydrogen) atoms. The van der Waals surface area contributed by atoms with Gasteiger partial charge < -0.3 is 21.2 Å². The molecule has 6 nitrogen and oxygen atoms in total. The predicted molar refractivity (Wildman–Crippen MR) is 61.4 cm³/mol. The van der Waals surface area contributed by atoms with Crippen LogP contribution in [0.2, 0.25) is 0 Å². The summed E-state index contributed by atoms with van der Waals surface area (Å²) < 4.78 is 0. The van der Waals surface area contributed by atoms with Crippen LogP contribution in [0.3, 0.4) is 0 Å². The van der Waals surface area contributed by atoms with Crippen LogP contribution in [0.4, 0.5) is 4.79 Å². The number of rotatable bonds is 5. The highest BCUT2D eigenvalue weighted by Crippen LogP contribution is 2.26. The highest BCUT2D eigenvalue weighted by molar-refractivity contribution is 5.81. The third-order valence-electron chi connectivity index (χ3n) is 2.40. The van der Waals surface area contributed by atoms with Crippen LogP contribution in [0.15, 0.2) is 5.16 Å². The molecule has 1 saturated carbocycles. The molecule has 0 aromatic heterocycles. The predicted octanol–water partition coefficient (Wildman–Crippen LogP) is 0.705. The minimum absolute atomic E-state index is 0.0664. The lowest BCUT2D eigenvalue weighted by Crippen LogP contribution is -2.45. The van der Waals surface area contributed by atoms with Crippen molar-refractivity contribution in [2.24, 2.45) is 10.9 Å². The maximum atomic E-state index is 11.8. The quantitative estimate of drug-likeness (QED) is 0.280. The largest absolute Gasteiger partial charge is 0.409 e. The normalized spacial score (nSPS) is 16.3. The van der Waals surface area contributed by atoms with Crippen LogP contribution in [-0.2, 0) is 0 Å². The smallest absolute Gasteiger partial charge is 0.317 e. The van der Waals surface area contributed by atoms with Crippen LogP contribution >= 0.6 is 0 Å². The first-order valence-corrected chi connectivity index (χ1v) is 5.58. The van der Waals surface area contributed by atoms with Crippen molar-refractivity contribution in [1.29, 1.82) is 0 Å². The molecule has 6 heteroatoms. The Balaban J connectivity index is 2.44. The number of oxime groups is 1. The molecule has 1 aliphatic rings. The van der Waals surface area contributed by atoms with Crippen LogP contribution in [0, 0.1) is 0 Å². The van der Waals surface area contributed by atoms with Gasteiger partial charge in [-0.05, 0) is 26.7 Å². The molecule has 1 rings (SSSR count). The summed E-state index contributed by atoms with van der Waals surface area (Å²) in [7, 11) is 0. The van der Waals surface area contributed by atoms with Gasteiger partial charge in [-0.15, -0.1) is 0 Å². The molecule has 0 heterocycles. The summed E-state index contributed by atoms with van der Waals surface area (Å²) in [4.78, 5) is 13.6. The molecule has 1 aliphatic carbocycles. The van der Waals surface area contributed by atoms with Crippen molar-refractivity contribution in [3.8, 4) is 0 Å². The zero-order valence-electron chi connectivity index (χ0n) is 9.81. The number of carbonyl (C=O) groups is 1.